The van der Waals surface area contributed by atoms with Crippen LogP contribution in [0.25, 0.3) is 0 Å². The summed E-state index contributed by atoms with van der Waals surface area (Å²) >= 11 is 0. The van der Waals surface area contributed by atoms with Crippen LogP contribution in [0.3, 0.4) is 0 Å². The van der Waals surface area contributed by atoms with Crippen LogP contribution in [0.2, 0.25) is 0 Å². The van der Waals surface area contributed by atoms with Gasteiger partial charge in [-0.15, -0.1) is 0 Å². The summed E-state index contributed by atoms with van der Waals surface area (Å²) in [6, 6.07) is 15.3. The summed E-state index contributed by atoms with van der Waals surface area (Å²) in [5.74, 6) is -0.388. The molecule has 0 unspecified atom stereocenters. The molecule has 0 amide bonds. The molecule has 0 spiro atoms. The maximum atomic E-state index is 10.8. The third-order valence-corrected chi connectivity index (χ3v) is 3.25. The molecular weight excluding hydrogens is 250 g/mol. The van der Waals surface area contributed by atoms with Gasteiger partial charge < -0.3 is 10.4 Å². The molecule has 20 heavy (non-hydrogen) atoms. The number of nitrogens with one attached hydrogen (secondary N) is 1. The van der Waals surface area contributed by atoms with Crippen molar-refractivity contribution in [1.29, 1.82) is 0 Å². The Morgan fingerprint density at radius 3 is 2.45 bits per heavy atom. The minimum atomic E-state index is -0.894. The molecule has 0 aromatic heterocycles. The molecule has 0 saturated heterocycles. The highest BCUT2D eigenvalue weighted by atomic mass is 16.4. The van der Waals surface area contributed by atoms with Crippen LogP contribution in [0.5, 0.6) is 0 Å². The second-order valence-corrected chi connectivity index (χ2v) is 5.14. The predicted molar refractivity (Wildman–Crippen MR) is 81.3 cm³/mol. The van der Waals surface area contributed by atoms with Gasteiger partial charge in [-0.25, -0.2) is 4.79 Å². The van der Waals surface area contributed by atoms with E-state index in [0.717, 1.165) is 11.3 Å². The summed E-state index contributed by atoms with van der Waals surface area (Å²) in [5, 5.41) is 12.2. The number of carboxylic acids is 1. The first-order chi connectivity index (χ1) is 9.56. The van der Waals surface area contributed by atoms with Gasteiger partial charge in [0.05, 0.1) is 5.56 Å². The molecule has 104 valence electrons. The highest BCUT2D eigenvalue weighted by Crippen LogP contribution is 2.19. The first kappa shape index (κ1) is 14.1. The molecule has 3 nitrogen and oxygen atoms in total. The fourth-order valence-electron chi connectivity index (χ4n) is 1.98. The average Bonchev–Trinajstić information content (AvgIpc) is 2.46. The van der Waals surface area contributed by atoms with Crippen LogP contribution < -0.4 is 5.32 Å². The zero-order valence-electron chi connectivity index (χ0n) is 11.8. The second-order valence-electron chi connectivity index (χ2n) is 5.14. The number of benzene rings is 2. The van der Waals surface area contributed by atoms with E-state index in [2.05, 4.69) is 31.3 Å². The van der Waals surface area contributed by atoms with E-state index in [4.69, 9.17) is 5.11 Å². The summed E-state index contributed by atoms with van der Waals surface area (Å²) in [6.45, 7) is 5.02. The van der Waals surface area contributed by atoms with Gasteiger partial charge >= 0.3 is 5.97 Å². The van der Waals surface area contributed by atoms with Gasteiger partial charge in [0.2, 0.25) is 0 Å². The van der Waals surface area contributed by atoms with Gasteiger partial charge in [-0.05, 0) is 41.3 Å². The fraction of sp³-hybridized carbons (Fsp3) is 0.235. The van der Waals surface area contributed by atoms with Crippen LogP contribution in [0, 0.1) is 0 Å². The van der Waals surface area contributed by atoms with Crippen LogP contribution in [-0.2, 0) is 6.54 Å². The van der Waals surface area contributed by atoms with Crippen molar-refractivity contribution in [2.75, 3.05) is 5.32 Å². The molecule has 0 atom stereocenters. The van der Waals surface area contributed by atoms with Gasteiger partial charge in [-0.2, -0.15) is 0 Å². The van der Waals surface area contributed by atoms with Crippen molar-refractivity contribution in [3.05, 3.63) is 65.2 Å². The monoisotopic (exact) mass is 269 g/mol. The number of hydrogen-bond donors (Lipinski definition) is 2. The van der Waals surface area contributed by atoms with Crippen molar-refractivity contribution in [2.24, 2.45) is 0 Å². The smallest absolute Gasteiger partial charge is 0.335 e. The van der Waals surface area contributed by atoms with Crippen molar-refractivity contribution < 1.29 is 9.90 Å². The minimum Gasteiger partial charge on any atom is -0.478 e. The standard InChI is InChI=1S/C17H19NO2/c1-12(2)15-4-3-5-16(10-15)18-11-13-6-8-14(9-7-13)17(19)20/h3-10,12,18H,11H2,1-2H3,(H,19,20). The maximum absolute atomic E-state index is 10.8. The molecule has 2 N–H and O–H groups in total. The van der Waals surface area contributed by atoms with E-state index in [-0.39, 0.29) is 0 Å². The summed E-state index contributed by atoms with van der Waals surface area (Å²) in [6.07, 6.45) is 0. The lowest BCUT2D eigenvalue weighted by Crippen LogP contribution is -2.01. The Labute approximate surface area is 119 Å². The molecule has 0 aliphatic heterocycles. The van der Waals surface area contributed by atoms with E-state index in [0.29, 0.717) is 18.0 Å². The third-order valence-electron chi connectivity index (χ3n) is 3.25. The Morgan fingerprint density at radius 1 is 1.15 bits per heavy atom. The van der Waals surface area contributed by atoms with Crippen LogP contribution in [0.1, 0.15) is 41.3 Å². The lowest BCUT2D eigenvalue weighted by molar-refractivity contribution is 0.0697. The number of anilines is 1. The number of carbonyl (C=O) groups is 1. The van der Waals surface area contributed by atoms with Gasteiger partial charge in [0.25, 0.3) is 0 Å². The van der Waals surface area contributed by atoms with E-state index in [1.165, 1.54) is 5.56 Å². The Bertz CT molecular complexity index is 588. The molecule has 0 saturated carbocycles. The zero-order chi connectivity index (χ0) is 14.5. The van der Waals surface area contributed by atoms with Crippen LogP contribution in [0.15, 0.2) is 48.5 Å². The van der Waals surface area contributed by atoms with Crippen LogP contribution in [0.4, 0.5) is 5.69 Å². The minimum absolute atomic E-state index is 0.315. The molecule has 0 fully saturated rings. The van der Waals surface area contributed by atoms with Gasteiger partial charge in [-0.1, -0.05) is 38.1 Å². The molecule has 3 heteroatoms. The van der Waals surface area contributed by atoms with Crippen molar-refractivity contribution in [3.8, 4) is 0 Å². The molecule has 0 heterocycles. The normalized spacial score (nSPS) is 10.6. The molecule has 0 bridgehead atoms. The summed E-state index contributed by atoms with van der Waals surface area (Å²) in [5.41, 5.74) is 3.76. The molecular formula is C17H19NO2. The summed E-state index contributed by atoms with van der Waals surface area (Å²) in [7, 11) is 0. The Kier molecular flexibility index (Phi) is 4.41. The van der Waals surface area contributed by atoms with Crippen molar-refractivity contribution in [1.82, 2.24) is 0 Å². The number of rotatable bonds is 5. The van der Waals surface area contributed by atoms with Gasteiger partial charge in [0.15, 0.2) is 0 Å². The highest BCUT2D eigenvalue weighted by molar-refractivity contribution is 5.87. The fourth-order valence-corrected chi connectivity index (χ4v) is 1.98. The van der Waals surface area contributed by atoms with E-state index >= 15 is 0 Å². The summed E-state index contributed by atoms with van der Waals surface area (Å²) in [4.78, 5) is 10.8. The first-order valence-corrected chi connectivity index (χ1v) is 6.72. The first-order valence-electron chi connectivity index (χ1n) is 6.72. The Hall–Kier alpha value is -2.29. The topological polar surface area (TPSA) is 49.3 Å². The Balaban J connectivity index is 2.01. The SMILES string of the molecule is CC(C)c1cccc(NCc2ccc(C(=O)O)cc2)c1. The number of hydrogen-bond acceptors (Lipinski definition) is 2. The van der Waals surface area contributed by atoms with Crippen LogP contribution >= 0.6 is 0 Å². The molecule has 0 aliphatic rings. The second kappa shape index (κ2) is 6.24. The zero-order valence-corrected chi connectivity index (χ0v) is 11.8. The molecule has 2 aromatic rings. The Morgan fingerprint density at radius 2 is 1.85 bits per heavy atom. The van der Waals surface area contributed by atoms with E-state index < -0.39 is 5.97 Å². The summed E-state index contributed by atoms with van der Waals surface area (Å²) < 4.78 is 0. The van der Waals surface area contributed by atoms with E-state index in [9.17, 15) is 4.79 Å². The maximum Gasteiger partial charge on any atom is 0.335 e. The number of carboxylic acid groups (broad SMARTS) is 1. The lowest BCUT2D eigenvalue weighted by atomic mass is 10.0. The highest BCUT2D eigenvalue weighted by Gasteiger charge is 2.02. The van der Waals surface area contributed by atoms with Crippen molar-refractivity contribution >= 4 is 11.7 Å². The lowest BCUT2D eigenvalue weighted by Gasteiger charge is -2.10. The quantitative estimate of drug-likeness (QED) is 0.858. The predicted octanol–water partition coefficient (Wildman–Crippen LogP) is 4.12. The van der Waals surface area contributed by atoms with Crippen molar-refractivity contribution in [2.45, 2.75) is 26.3 Å². The average molecular weight is 269 g/mol. The molecule has 2 rings (SSSR count). The third kappa shape index (κ3) is 3.60. The van der Waals surface area contributed by atoms with Crippen molar-refractivity contribution in [3.63, 3.8) is 0 Å². The van der Waals surface area contributed by atoms with E-state index in [1.807, 2.05) is 24.3 Å². The van der Waals surface area contributed by atoms with E-state index in [1.54, 1.807) is 12.1 Å². The van der Waals surface area contributed by atoms with Gasteiger partial charge in [-0.3, -0.25) is 0 Å². The van der Waals surface area contributed by atoms with Crippen LogP contribution in [-0.4, -0.2) is 11.1 Å². The number of aromatic carboxylic acids is 1. The van der Waals surface area contributed by atoms with Gasteiger partial charge in [0, 0.05) is 12.2 Å². The molecule has 0 aliphatic carbocycles. The van der Waals surface area contributed by atoms with Gasteiger partial charge in [0.1, 0.15) is 0 Å². The largest absolute Gasteiger partial charge is 0.478 e. The molecule has 0 radical (unpaired) electrons. The molecule has 2 aromatic carbocycles.